The molecular formula is C69H60N4O. The molecule has 0 fully saturated rings. The maximum atomic E-state index is 8.74. The molecule has 11 aromatic rings. The highest BCUT2D eigenvalue weighted by atomic mass is 16.5. The summed E-state index contributed by atoms with van der Waals surface area (Å²) in [6, 6.07) is 76.1. The van der Waals surface area contributed by atoms with Crippen molar-refractivity contribution in [2.75, 3.05) is 16.5 Å². The lowest BCUT2D eigenvalue weighted by Gasteiger charge is -2.27. The minimum atomic E-state index is -2.40. The summed E-state index contributed by atoms with van der Waals surface area (Å²) in [6.45, 7) is 11.6. The summed E-state index contributed by atoms with van der Waals surface area (Å²) in [6.07, 6.45) is 1.70. The van der Waals surface area contributed by atoms with Gasteiger partial charge in [0.1, 0.15) is 24.0 Å². The van der Waals surface area contributed by atoms with Crippen molar-refractivity contribution in [3.63, 3.8) is 0 Å². The van der Waals surface area contributed by atoms with Crippen molar-refractivity contribution in [3.05, 3.63) is 241 Å². The number of anilines is 4. The topological polar surface area (TPSA) is 33.5 Å². The van der Waals surface area contributed by atoms with Crippen LogP contribution in [0.3, 0.4) is 0 Å². The van der Waals surface area contributed by atoms with Gasteiger partial charge in [-0.3, -0.25) is 4.57 Å². The molecule has 362 valence electrons. The van der Waals surface area contributed by atoms with Crippen molar-refractivity contribution in [1.29, 1.82) is 0 Å². The highest BCUT2D eigenvalue weighted by molar-refractivity contribution is 6.16. The summed E-state index contributed by atoms with van der Waals surface area (Å²) < 4.78 is 35.4. The lowest BCUT2D eigenvalue weighted by atomic mass is 9.86. The fourth-order valence-electron chi connectivity index (χ4n) is 10.7. The van der Waals surface area contributed by atoms with E-state index < -0.39 is 6.85 Å². The highest BCUT2D eigenvalue weighted by Gasteiger charge is 2.32. The van der Waals surface area contributed by atoms with Gasteiger partial charge < -0.3 is 14.5 Å². The Morgan fingerprint density at radius 3 is 1.65 bits per heavy atom. The van der Waals surface area contributed by atoms with Gasteiger partial charge in [-0.15, -0.1) is 0 Å². The summed E-state index contributed by atoms with van der Waals surface area (Å²) in [4.78, 5) is 9.88. The second-order valence-corrected chi connectivity index (χ2v) is 21.5. The standard InChI is InChI=1S/C69H60N4O/c1-46-40-65(70-44-60(46)48-22-12-9-13-23-48)73-61-29-15-14-26-58(61)66-59(50-34-38-52(39-35-50)69(5,6)7)42-55(43-64(66)73)74-54-25-18-24-53(41-54)71-45-72(63-31-17-16-30-62(63)71)67-56(47-20-10-8-11-21-47)27-19-28-57(67)49-32-36-51(37-33-49)68(2,3)4/h8-44H,45H2,1-7H3/i1D3. The molecule has 0 radical (unpaired) electrons. The molecule has 0 amide bonds. The van der Waals surface area contributed by atoms with Crippen LogP contribution in [0.15, 0.2) is 225 Å². The Morgan fingerprint density at radius 2 is 1.01 bits per heavy atom. The quantitative estimate of drug-likeness (QED) is 0.144. The van der Waals surface area contributed by atoms with Crippen LogP contribution in [0.2, 0.25) is 0 Å². The smallest absolute Gasteiger partial charge is 0.137 e. The molecule has 9 aromatic carbocycles. The molecular weight excluding hydrogens is 901 g/mol. The van der Waals surface area contributed by atoms with Crippen LogP contribution in [0.25, 0.3) is 72.1 Å². The first-order valence-corrected chi connectivity index (χ1v) is 25.5. The zero-order valence-electron chi connectivity index (χ0n) is 45.8. The van der Waals surface area contributed by atoms with Gasteiger partial charge in [-0.2, -0.15) is 0 Å². The molecule has 0 saturated carbocycles. The van der Waals surface area contributed by atoms with Crippen LogP contribution in [0, 0.1) is 6.85 Å². The Balaban J connectivity index is 0.982. The van der Waals surface area contributed by atoms with Gasteiger partial charge in [0.2, 0.25) is 0 Å². The predicted molar refractivity (Wildman–Crippen MR) is 311 cm³/mol. The number of hydrogen-bond acceptors (Lipinski definition) is 4. The van der Waals surface area contributed by atoms with Crippen molar-refractivity contribution < 1.29 is 8.85 Å². The van der Waals surface area contributed by atoms with Crippen LogP contribution in [0.1, 0.15) is 62.3 Å². The Morgan fingerprint density at radius 1 is 0.459 bits per heavy atom. The van der Waals surface area contributed by atoms with Gasteiger partial charge >= 0.3 is 0 Å². The molecule has 12 rings (SSSR count). The first-order valence-electron chi connectivity index (χ1n) is 27.0. The zero-order chi connectivity index (χ0) is 53.2. The van der Waals surface area contributed by atoms with E-state index in [0.717, 1.165) is 83.5 Å². The van der Waals surface area contributed by atoms with Crippen molar-refractivity contribution >= 4 is 44.6 Å². The normalized spacial score (nSPS) is 13.5. The second-order valence-electron chi connectivity index (χ2n) is 21.5. The molecule has 1 aliphatic rings. The van der Waals surface area contributed by atoms with Gasteiger partial charge in [-0.1, -0.05) is 205 Å². The molecule has 74 heavy (non-hydrogen) atoms. The number of rotatable bonds is 9. The molecule has 3 heterocycles. The Hall–Kier alpha value is -8.67. The Bertz CT molecular complexity index is 3980. The molecule has 2 aromatic heterocycles. The number of hydrogen-bond donors (Lipinski definition) is 0. The van der Waals surface area contributed by atoms with Crippen LogP contribution < -0.4 is 14.5 Å². The molecule has 0 aliphatic carbocycles. The first-order chi connectivity index (χ1) is 37.1. The minimum absolute atomic E-state index is 0.0310. The summed E-state index contributed by atoms with van der Waals surface area (Å²) in [5.74, 6) is 1.81. The number of benzene rings is 9. The molecule has 5 nitrogen and oxygen atoms in total. The van der Waals surface area contributed by atoms with Crippen molar-refractivity contribution in [2.24, 2.45) is 0 Å². The van der Waals surface area contributed by atoms with E-state index in [1.807, 2.05) is 42.5 Å². The van der Waals surface area contributed by atoms with Crippen molar-refractivity contribution in [1.82, 2.24) is 9.55 Å². The van der Waals surface area contributed by atoms with E-state index in [-0.39, 0.29) is 16.4 Å². The third-order valence-electron chi connectivity index (χ3n) is 14.6. The second kappa shape index (κ2) is 18.4. The lowest BCUT2D eigenvalue weighted by molar-refractivity contribution is 0.483. The number of nitrogens with zero attached hydrogens (tertiary/aromatic N) is 4. The maximum Gasteiger partial charge on any atom is 0.137 e. The fourth-order valence-corrected chi connectivity index (χ4v) is 10.7. The molecule has 1 aliphatic heterocycles. The van der Waals surface area contributed by atoms with Gasteiger partial charge in [0, 0.05) is 55.6 Å². The van der Waals surface area contributed by atoms with Gasteiger partial charge in [-0.05, 0) is 105 Å². The first kappa shape index (κ1) is 43.0. The van der Waals surface area contributed by atoms with Gasteiger partial charge in [0.15, 0.2) is 0 Å². The average Bonchev–Trinajstić information content (AvgIpc) is 4.01. The van der Waals surface area contributed by atoms with E-state index in [1.54, 1.807) is 12.3 Å². The van der Waals surface area contributed by atoms with Crippen LogP contribution in [-0.2, 0) is 10.8 Å². The van der Waals surface area contributed by atoms with E-state index in [0.29, 0.717) is 29.5 Å². The number of aryl methyl sites for hydroxylation is 1. The number of aromatic nitrogens is 2. The van der Waals surface area contributed by atoms with Crippen LogP contribution in [-0.4, -0.2) is 16.2 Å². The number of para-hydroxylation sites is 4. The molecule has 0 N–H and O–H groups in total. The Kier molecular flexibility index (Phi) is 10.7. The third-order valence-corrected chi connectivity index (χ3v) is 14.6. The molecule has 0 saturated heterocycles. The van der Waals surface area contributed by atoms with E-state index in [9.17, 15) is 0 Å². The van der Waals surface area contributed by atoms with E-state index >= 15 is 0 Å². The summed E-state index contributed by atoms with van der Waals surface area (Å²) >= 11 is 0. The molecule has 0 bridgehead atoms. The van der Waals surface area contributed by atoms with Crippen LogP contribution in [0.4, 0.5) is 22.7 Å². The number of fused-ring (bicyclic) bond motifs is 4. The van der Waals surface area contributed by atoms with Crippen molar-refractivity contribution in [2.45, 2.75) is 59.2 Å². The van der Waals surface area contributed by atoms with Gasteiger partial charge in [0.25, 0.3) is 0 Å². The largest absolute Gasteiger partial charge is 0.457 e. The van der Waals surface area contributed by atoms with E-state index in [2.05, 4.69) is 226 Å². The Labute approximate surface area is 439 Å². The van der Waals surface area contributed by atoms with E-state index in [4.69, 9.17) is 13.8 Å². The molecule has 0 atom stereocenters. The summed E-state index contributed by atoms with van der Waals surface area (Å²) in [5, 5.41) is 2.04. The maximum absolute atomic E-state index is 8.74. The highest BCUT2D eigenvalue weighted by Crippen LogP contribution is 2.51. The SMILES string of the molecule is [2H]C([2H])([2H])c1cc(-n2c3ccccc3c3c(-c4ccc(C(C)(C)C)cc4)cc(Oc4cccc(N5CN(c6c(-c7ccccc7)cccc6-c6ccc(C(C)(C)C)cc6)c6ccccc65)c4)cc32)ncc1-c1ccccc1. The fraction of sp³-hybridized carbons (Fsp3) is 0.145. The monoisotopic (exact) mass is 963 g/mol. The zero-order valence-corrected chi connectivity index (χ0v) is 42.8. The van der Waals surface area contributed by atoms with Crippen LogP contribution >= 0.6 is 0 Å². The van der Waals surface area contributed by atoms with Gasteiger partial charge in [-0.25, -0.2) is 4.98 Å². The number of ether oxygens (including phenoxy) is 1. The number of pyridine rings is 1. The molecule has 0 unspecified atom stereocenters. The predicted octanol–water partition coefficient (Wildman–Crippen LogP) is 18.8. The minimum Gasteiger partial charge on any atom is -0.457 e. The molecule has 0 spiro atoms. The van der Waals surface area contributed by atoms with Crippen molar-refractivity contribution in [3.8, 4) is 61.8 Å². The average molecular weight is 964 g/mol. The summed E-state index contributed by atoms with van der Waals surface area (Å²) in [5.41, 5.74) is 16.9. The third kappa shape index (κ3) is 8.48. The van der Waals surface area contributed by atoms with E-state index in [1.165, 1.54) is 11.1 Å². The lowest BCUT2D eigenvalue weighted by Crippen LogP contribution is -2.25. The van der Waals surface area contributed by atoms with Crippen LogP contribution in [0.5, 0.6) is 11.5 Å². The van der Waals surface area contributed by atoms with Gasteiger partial charge in [0.05, 0.1) is 28.1 Å². The molecule has 5 heteroatoms. The summed E-state index contributed by atoms with van der Waals surface area (Å²) in [7, 11) is 0.